The van der Waals surface area contributed by atoms with E-state index >= 15 is 0 Å². The minimum absolute atomic E-state index is 0.171. The van der Waals surface area contributed by atoms with Gasteiger partial charge in [-0.05, 0) is 64.8 Å². The van der Waals surface area contributed by atoms with Crippen LogP contribution in [0.1, 0.15) is 40.5 Å². The Morgan fingerprint density at radius 1 is 1.12 bits per heavy atom. The van der Waals surface area contributed by atoms with Gasteiger partial charge in [0.05, 0.1) is 16.6 Å². The van der Waals surface area contributed by atoms with Crippen LogP contribution in [0.5, 0.6) is 5.75 Å². The smallest absolute Gasteiger partial charge is 0.335 e. The summed E-state index contributed by atoms with van der Waals surface area (Å²) < 4.78 is 6.35. The van der Waals surface area contributed by atoms with Gasteiger partial charge in [-0.2, -0.15) is 0 Å². The monoisotopic (exact) mass is 391 g/mol. The SMILES string of the molecule is CCCCOc1ccc(C(=O)Nc2ccc(C(=O)O)cc2)cc1Br. The van der Waals surface area contributed by atoms with Crippen LogP contribution in [0.15, 0.2) is 46.9 Å². The van der Waals surface area contributed by atoms with E-state index in [9.17, 15) is 9.59 Å². The molecule has 0 aliphatic carbocycles. The highest BCUT2D eigenvalue weighted by Crippen LogP contribution is 2.26. The van der Waals surface area contributed by atoms with Gasteiger partial charge in [0.25, 0.3) is 5.91 Å². The maximum Gasteiger partial charge on any atom is 0.335 e. The number of carbonyl (C=O) groups is 2. The van der Waals surface area contributed by atoms with Crippen LogP contribution >= 0.6 is 15.9 Å². The highest BCUT2D eigenvalue weighted by Gasteiger charge is 2.10. The molecule has 0 aromatic heterocycles. The highest BCUT2D eigenvalue weighted by molar-refractivity contribution is 9.10. The van der Waals surface area contributed by atoms with E-state index in [2.05, 4.69) is 28.2 Å². The number of nitrogens with one attached hydrogen (secondary N) is 1. The molecular weight excluding hydrogens is 374 g/mol. The van der Waals surface area contributed by atoms with Crippen LogP contribution in [0.25, 0.3) is 0 Å². The molecule has 0 saturated carbocycles. The summed E-state index contributed by atoms with van der Waals surface area (Å²) >= 11 is 3.41. The van der Waals surface area contributed by atoms with Gasteiger partial charge in [-0.15, -0.1) is 0 Å². The molecule has 2 N–H and O–H groups in total. The van der Waals surface area contributed by atoms with E-state index in [4.69, 9.17) is 9.84 Å². The number of amides is 1. The van der Waals surface area contributed by atoms with Crippen molar-refractivity contribution in [3.05, 3.63) is 58.1 Å². The zero-order valence-electron chi connectivity index (χ0n) is 13.2. The van der Waals surface area contributed by atoms with Crippen LogP contribution in [-0.4, -0.2) is 23.6 Å². The van der Waals surface area contributed by atoms with Gasteiger partial charge in [-0.3, -0.25) is 4.79 Å². The largest absolute Gasteiger partial charge is 0.492 e. The third-order valence-electron chi connectivity index (χ3n) is 3.34. The van der Waals surface area contributed by atoms with Crippen LogP contribution in [0.3, 0.4) is 0 Å². The van der Waals surface area contributed by atoms with Crippen molar-refractivity contribution in [3.8, 4) is 5.75 Å². The van der Waals surface area contributed by atoms with Crippen molar-refractivity contribution < 1.29 is 19.4 Å². The number of carboxylic acids is 1. The molecule has 2 rings (SSSR count). The second-order valence-electron chi connectivity index (χ2n) is 5.18. The van der Waals surface area contributed by atoms with Crippen LogP contribution < -0.4 is 10.1 Å². The number of ether oxygens (including phenoxy) is 1. The van der Waals surface area contributed by atoms with Crippen molar-refractivity contribution in [2.24, 2.45) is 0 Å². The molecule has 0 bridgehead atoms. The molecule has 0 aliphatic heterocycles. The summed E-state index contributed by atoms with van der Waals surface area (Å²) in [6.45, 7) is 2.73. The number of hydrogen-bond acceptors (Lipinski definition) is 3. The minimum Gasteiger partial charge on any atom is -0.492 e. The number of benzene rings is 2. The van der Waals surface area contributed by atoms with E-state index in [1.807, 2.05) is 0 Å². The number of carboxylic acid groups (broad SMARTS) is 1. The summed E-state index contributed by atoms with van der Waals surface area (Å²) in [5.74, 6) is -0.583. The Morgan fingerprint density at radius 3 is 2.38 bits per heavy atom. The van der Waals surface area contributed by atoms with E-state index in [0.29, 0.717) is 28.1 Å². The molecule has 5 nitrogen and oxygen atoms in total. The molecule has 0 saturated heterocycles. The van der Waals surface area contributed by atoms with Gasteiger partial charge in [0, 0.05) is 11.3 Å². The van der Waals surface area contributed by atoms with E-state index in [1.54, 1.807) is 30.3 Å². The lowest BCUT2D eigenvalue weighted by Crippen LogP contribution is -2.12. The molecule has 0 fully saturated rings. The minimum atomic E-state index is -1.00. The first kappa shape index (κ1) is 18.0. The maximum atomic E-state index is 12.3. The molecule has 1 amide bonds. The van der Waals surface area contributed by atoms with Gasteiger partial charge in [-0.25, -0.2) is 4.79 Å². The molecule has 0 aliphatic rings. The van der Waals surface area contributed by atoms with Crippen molar-refractivity contribution in [1.29, 1.82) is 0 Å². The van der Waals surface area contributed by atoms with Crippen LogP contribution in [0.4, 0.5) is 5.69 Å². The van der Waals surface area contributed by atoms with Gasteiger partial charge in [0.2, 0.25) is 0 Å². The maximum absolute atomic E-state index is 12.3. The van der Waals surface area contributed by atoms with Crippen molar-refractivity contribution >= 4 is 33.5 Å². The number of anilines is 1. The molecule has 2 aromatic rings. The first-order valence-electron chi connectivity index (χ1n) is 7.58. The second-order valence-corrected chi connectivity index (χ2v) is 6.04. The Hall–Kier alpha value is -2.34. The lowest BCUT2D eigenvalue weighted by molar-refractivity contribution is 0.0696. The molecule has 0 atom stereocenters. The van der Waals surface area contributed by atoms with Crippen molar-refractivity contribution in [1.82, 2.24) is 0 Å². The fourth-order valence-electron chi connectivity index (χ4n) is 1.98. The standard InChI is InChI=1S/C18H18BrNO4/c1-2-3-10-24-16-9-6-13(11-15(16)19)17(21)20-14-7-4-12(5-8-14)18(22)23/h4-9,11H,2-3,10H2,1H3,(H,20,21)(H,22,23). The number of hydrogen-bond donors (Lipinski definition) is 2. The molecule has 6 heteroatoms. The van der Waals surface area contributed by atoms with Crippen molar-refractivity contribution in [2.45, 2.75) is 19.8 Å². The normalized spacial score (nSPS) is 10.2. The molecule has 0 radical (unpaired) electrons. The highest BCUT2D eigenvalue weighted by atomic mass is 79.9. The number of aromatic carboxylic acids is 1. The molecule has 0 spiro atoms. The van der Waals surface area contributed by atoms with E-state index in [0.717, 1.165) is 12.8 Å². The molecule has 126 valence electrons. The van der Waals surface area contributed by atoms with Gasteiger partial charge in [0.1, 0.15) is 5.75 Å². The van der Waals surface area contributed by atoms with Crippen molar-refractivity contribution in [2.75, 3.05) is 11.9 Å². The van der Waals surface area contributed by atoms with Crippen LogP contribution in [-0.2, 0) is 0 Å². The third-order valence-corrected chi connectivity index (χ3v) is 3.96. The predicted molar refractivity (Wildman–Crippen MR) is 95.9 cm³/mol. The average Bonchev–Trinajstić information content (AvgIpc) is 2.57. The zero-order chi connectivity index (χ0) is 17.5. The Kier molecular flexibility index (Phi) is 6.37. The van der Waals surface area contributed by atoms with Gasteiger partial charge in [-0.1, -0.05) is 13.3 Å². The number of unbranched alkanes of at least 4 members (excludes halogenated alkanes) is 1. The van der Waals surface area contributed by atoms with Gasteiger partial charge >= 0.3 is 5.97 Å². The molecule has 0 unspecified atom stereocenters. The first-order valence-corrected chi connectivity index (χ1v) is 8.37. The fourth-order valence-corrected chi connectivity index (χ4v) is 2.48. The number of carbonyl (C=O) groups excluding carboxylic acids is 1. The van der Waals surface area contributed by atoms with Crippen LogP contribution in [0.2, 0.25) is 0 Å². The Labute approximate surface area is 148 Å². The summed E-state index contributed by atoms with van der Waals surface area (Å²) in [6.07, 6.45) is 2.03. The number of rotatable bonds is 7. The lowest BCUT2D eigenvalue weighted by atomic mass is 10.1. The van der Waals surface area contributed by atoms with Gasteiger partial charge < -0.3 is 15.2 Å². The van der Waals surface area contributed by atoms with Gasteiger partial charge in [0.15, 0.2) is 0 Å². The summed E-state index contributed by atoms with van der Waals surface area (Å²) in [4.78, 5) is 23.1. The summed E-state index contributed by atoms with van der Waals surface area (Å²) in [5.41, 5.74) is 1.18. The van der Waals surface area contributed by atoms with E-state index in [1.165, 1.54) is 12.1 Å². The second kappa shape index (κ2) is 8.49. The predicted octanol–water partition coefficient (Wildman–Crippen LogP) is 4.58. The molecular formula is C18H18BrNO4. The quantitative estimate of drug-likeness (QED) is 0.677. The Balaban J connectivity index is 2.04. The molecule has 2 aromatic carbocycles. The summed E-state index contributed by atoms with van der Waals surface area (Å²) in [7, 11) is 0. The summed E-state index contributed by atoms with van der Waals surface area (Å²) in [6, 6.07) is 11.1. The first-order chi connectivity index (χ1) is 11.5. The topological polar surface area (TPSA) is 75.6 Å². The Bertz CT molecular complexity index is 728. The molecule has 24 heavy (non-hydrogen) atoms. The lowest BCUT2D eigenvalue weighted by Gasteiger charge is -2.10. The van der Waals surface area contributed by atoms with E-state index in [-0.39, 0.29) is 11.5 Å². The van der Waals surface area contributed by atoms with Crippen molar-refractivity contribution in [3.63, 3.8) is 0 Å². The fraction of sp³-hybridized carbons (Fsp3) is 0.222. The third kappa shape index (κ3) is 4.83. The Morgan fingerprint density at radius 2 is 1.79 bits per heavy atom. The summed E-state index contributed by atoms with van der Waals surface area (Å²) in [5, 5.41) is 11.6. The van der Waals surface area contributed by atoms with E-state index < -0.39 is 5.97 Å². The number of halogens is 1. The zero-order valence-corrected chi connectivity index (χ0v) is 14.8. The average molecular weight is 392 g/mol. The molecule has 0 heterocycles. The van der Waals surface area contributed by atoms with Crippen LogP contribution in [0, 0.1) is 0 Å².